The van der Waals surface area contributed by atoms with Crippen molar-refractivity contribution in [3.63, 3.8) is 0 Å². The summed E-state index contributed by atoms with van der Waals surface area (Å²) in [6.45, 7) is 1.38. The van der Waals surface area contributed by atoms with Crippen LogP contribution in [0.15, 0.2) is 18.2 Å². The van der Waals surface area contributed by atoms with Crippen LogP contribution in [0.3, 0.4) is 0 Å². The van der Waals surface area contributed by atoms with E-state index in [9.17, 15) is 4.79 Å². The number of rotatable bonds is 3. The quantitative estimate of drug-likeness (QED) is 0.772. The molecule has 0 bridgehead atoms. The molecule has 1 fully saturated rings. The van der Waals surface area contributed by atoms with E-state index in [4.69, 9.17) is 16.2 Å². The van der Waals surface area contributed by atoms with Gasteiger partial charge >= 0.3 is 0 Å². The van der Waals surface area contributed by atoms with E-state index in [1.165, 1.54) is 0 Å². The van der Waals surface area contributed by atoms with Crippen molar-refractivity contribution >= 4 is 17.3 Å². The van der Waals surface area contributed by atoms with E-state index < -0.39 is 0 Å². The number of amides is 1. The second-order valence-corrected chi connectivity index (χ2v) is 5.20. The van der Waals surface area contributed by atoms with Gasteiger partial charge in [-0.1, -0.05) is 0 Å². The first-order valence-electron chi connectivity index (χ1n) is 6.16. The molecule has 0 saturated heterocycles. The maximum Gasteiger partial charge on any atom is 0.265 e. The number of fused-ring (bicyclic) bond motifs is 1. The monoisotopic (exact) mass is 247 g/mol. The van der Waals surface area contributed by atoms with Gasteiger partial charge in [0.05, 0.1) is 5.69 Å². The minimum absolute atomic E-state index is 0.0205. The zero-order valence-corrected chi connectivity index (χ0v) is 10.2. The van der Waals surface area contributed by atoms with Crippen LogP contribution in [-0.4, -0.2) is 25.6 Å². The number of benzene rings is 1. The lowest BCUT2D eigenvalue weighted by atomic mass is 10.1. The Morgan fingerprint density at radius 3 is 2.83 bits per heavy atom. The molecule has 1 aliphatic carbocycles. The van der Waals surface area contributed by atoms with E-state index in [1.54, 1.807) is 17.0 Å². The summed E-state index contributed by atoms with van der Waals surface area (Å²) in [5, 5.41) is 0. The molecule has 5 nitrogen and oxygen atoms in total. The lowest BCUT2D eigenvalue weighted by Gasteiger charge is -2.32. The maximum atomic E-state index is 12.0. The smallest absolute Gasteiger partial charge is 0.265 e. The van der Waals surface area contributed by atoms with E-state index in [0.29, 0.717) is 18.8 Å². The predicted octanol–water partition coefficient (Wildman–Crippen LogP) is 0.733. The molecule has 0 aromatic heterocycles. The Morgan fingerprint density at radius 1 is 1.39 bits per heavy atom. The van der Waals surface area contributed by atoms with Crippen molar-refractivity contribution in [1.82, 2.24) is 0 Å². The highest BCUT2D eigenvalue weighted by Crippen LogP contribution is 2.47. The van der Waals surface area contributed by atoms with Gasteiger partial charge in [0.2, 0.25) is 0 Å². The van der Waals surface area contributed by atoms with Gasteiger partial charge in [0.25, 0.3) is 5.91 Å². The molecule has 96 valence electrons. The molecule has 1 aromatic carbocycles. The molecule has 2 aliphatic rings. The van der Waals surface area contributed by atoms with E-state index in [-0.39, 0.29) is 17.9 Å². The Balaban J connectivity index is 1.93. The first kappa shape index (κ1) is 11.3. The number of carbonyl (C=O) groups excluding carboxylic acids is 1. The van der Waals surface area contributed by atoms with Gasteiger partial charge in [0.15, 0.2) is 6.61 Å². The molecular formula is C13H17N3O2. The molecule has 0 atom stereocenters. The van der Waals surface area contributed by atoms with E-state index in [1.807, 2.05) is 6.07 Å². The molecule has 18 heavy (non-hydrogen) atoms. The maximum absolute atomic E-state index is 12.0. The van der Waals surface area contributed by atoms with Crippen molar-refractivity contribution in [2.45, 2.75) is 12.8 Å². The van der Waals surface area contributed by atoms with Crippen molar-refractivity contribution in [3.8, 4) is 5.75 Å². The number of nitrogen functional groups attached to an aromatic ring is 1. The number of nitrogens with two attached hydrogens (primary N) is 2. The standard InChI is InChI=1S/C13H17N3O2/c14-7-13(3-4-13)8-16-10-5-9(15)1-2-11(10)18-6-12(16)17/h1-2,5H,3-4,6-8,14-15H2. The van der Waals surface area contributed by atoms with Gasteiger partial charge in [-0.15, -0.1) is 0 Å². The van der Waals surface area contributed by atoms with Crippen LogP contribution < -0.4 is 21.1 Å². The van der Waals surface area contributed by atoms with Crippen LogP contribution in [0.2, 0.25) is 0 Å². The number of hydrogen-bond acceptors (Lipinski definition) is 4. The van der Waals surface area contributed by atoms with Crippen LogP contribution in [0.5, 0.6) is 5.75 Å². The number of ether oxygens (including phenoxy) is 1. The SMILES string of the molecule is NCC1(CN2C(=O)COc3ccc(N)cc32)CC1. The van der Waals surface area contributed by atoms with Crippen molar-refractivity contribution in [1.29, 1.82) is 0 Å². The van der Waals surface area contributed by atoms with Crippen LogP contribution >= 0.6 is 0 Å². The molecule has 1 amide bonds. The Labute approximate surface area is 106 Å². The van der Waals surface area contributed by atoms with Crippen LogP contribution in [-0.2, 0) is 4.79 Å². The second kappa shape index (κ2) is 3.88. The fraction of sp³-hybridized carbons (Fsp3) is 0.462. The fourth-order valence-corrected chi connectivity index (χ4v) is 2.33. The highest BCUT2D eigenvalue weighted by atomic mass is 16.5. The summed E-state index contributed by atoms with van der Waals surface area (Å²) in [4.78, 5) is 13.8. The van der Waals surface area contributed by atoms with Crippen molar-refractivity contribution in [2.75, 3.05) is 30.3 Å². The predicted molar refractivity (Wildman–Crippen MR) is 69.4 cm³/mol. The third-order valence-electron chi connectivity index (χ3n) is 3.81. The number of hydrogen-bond donors (Lipinski definition) is 2. The average molecular weight is 247 g/mol. The topological polar surface area (TPSA) is 81.6 Å². The van der Waals surface area contributed by atoms with E-state index >= 15 is 0 Å². The van der Waals surface area contributed by atoms with Gasteiger partial charge < -0.3 is 21.1 Å². The van der Waals surface area contributed by atoms with Crippen molar-refractivity contribution < 1.29 is 9.53 Å². The molecule has 1 heterocycles. The third kappa shape index (κ3) is 1.80. The number of anilines is 2. The van der Waals surface area contributed by atoms with Gasteiger partial charge in [0, 0.05) is 17.6 Å². The summed E-state index contributed by atoms with van der Waals surface area (Å²) in [6.07, 6.45) is 2.18. The third-order valence-corrected chi connectivity index (χ3v) is 3.81. The van der Waals surface area contributed by atoms with Gasteiger partial charge in [-0.25, -0.2) is 0 Å². The first-order valence-corrected chi connectivity index (χ1v) is 6.16. The number of nitrogens with zero attached hydrogens (tertiary/aromatic N) is 1. The van der Waals surface area contributed by atoms with Crippen LogP contribution in [0, 0.1) is 5.41 Å². The molecule has 1 aromatic rings. The van der Waals surface area contributed by atoms with Crippen LogP contribution in [0.1, 0.15) is 12.8 Å². The molecule has 1 saturated carbocycles. The molecule has 5 heteroatoms. The summed E-state index contributed by atoms with van der Waals surface area (Å²) in [6, 6.07) is 5.38. The van der Waals surface area contributed by atoms with Crippen molar-refractivity contribution in [2.24, 2.45) is 11.1 Å². The van der Waals surface area contributed by atoms with Crippen LogP contribution in [0.25, 0.3) is 0 Å². The highest BCUT2D eigenvalue weighted by molar-refractivity contribution is 5.98. The minimum atomic E-state index is -0.0205. The van der Waals surface area contributed by atoms with Crippen LogP contribution in [0.4, 0.5) is 11.4 Å². The lowest BCUT2D eigenvalue weighted by molar-refractivity contribution is -0.121. The molecule has 3 rings (SSSR count). The summed E-state index contributed by atoms with van der Waals surface area (Å²) in [5.41, 5.74) is 13.1. The summed E-state index contributed by atoms with van der Waals surface area (Å²) in [5.74, 6) is 0.699. The lowest BCUT2D eigenvalue weighted by Crippen LogP contribution is -2.43. The van der Waals surface area contributed by atoms with Gasteiger partial charge in [0.1, 0.15) is 5.75 Å². The first-order chi connectivity index (χ1) is 8.63. The summed E-state index contributed by atoms with van der Waals surface area (Å²) < 4.78 is 5.41. The zero-order chi connectivity index (χ0) is 12.8. The van der Waals surface area contributed by atoms with Crippen molar-refractivity contribution in [3.05, 3.63) is 18.2 Å². The summed E-state index contributed by atoms with van der Waals surface area (Å²) in [7, 11) is 0. The number of carbonyl (C=O) groups is 1. The van der Waals surface area contributed by atoms with E-state index in [2.05, 4.69) is 0 Å². The highest BCUT2D eigenvalue weighted by Gasteiger charge is 2.44. The molecular weight excluding hydrogens is 230 g/mol. The summed E-state index contributed by atoms with van der Waals surface area (Å²) >= 11 is 0. The van der Waals surface area contributed by atoms with Gasteiger partial charge in [-0.2, -0.15) is 0 Å². The second-order valence-electron chi connectivity index (χ2n) is 5.20. The Kier molecular flexibility index (Phi) is 2.45. The zero-order valence-electron chi connectivity index (χ0n) is 10.2. The minimum Gasteiger partial charge on any atom is -0.482 e. The molecule has 0 spiro atoms. The van der Waals surface area contributed by atoms with Gasteiger partial charge in [-0.3, -0.25) is 4.79 Å². The van der Waals surface area contributed by atoms with E-state index in [0.717, 1.165) is 24.3 Å². The fourth-order valence-electron chi connectivity index (χ4n) is 2.33. The van der Waals surface area contributed by atoms with Gasteiger partial charge in [-0.05, 0) is 37.6 Å². The Morgan fingerprint density at radius 2 is 2.17 bits per heavy atom. The molecule has 0 radical (unpaired) electrons. The normalized spacial score (nSPS) is 20.3. The molecule has 4 N–H and O–H groups in total. The molecule has 0 unspecified atom stereocenters. The Hall–Kier alpha value is -1.75. The molecule has 1 aliphatic heterocycles. The Bertz CT molecular complexity index is 497. The average Bonchev–Trinajstić information content (AvgIpc) is 3.14. The largest absolute Gasteiger partial charge is 0.482 e.